The van der Waals surface area contributed by atoms with Crippen LogP contribution in [0.2, 0.25) is 0 Å². The van der Waals surface area contributed by atoms with Gasteiger partial charge in [-0.3, -0.25) is 0 Å². The lowest BCUT2D eigenvalue weighted by molar-refractivity contribution is 0.0585. The van der Waals surface area contributed by atoms with Crippen molar-refractivity contribution in [2.24, 2.45) is 0 Å². The molecule has 0 aliphatic rings. The molecule has 0 aliphatic heterocycles. The van der Waals surface area contributed by atoms with Crippen LogP contribution in [0.3, 0.4) is 0 Å². The number of rotatable bonds is 5. The van der Waals surface area contributed by atoms with E-state index in [4.69, 9.17) is 4.74 Å². The second kappa shape index (κ2) is 6.42. The first-order chi connectivity index (χ1) is 9.67. The molecule has 0 aliphatic carbocycles. The molecule has 106 valence electrons. The SMILES string of the molecule is CC[C@@H](C)n1c(Cc2ccccc2)ccc1C(=O)OC. The van der Waals surface area contributed by atoms with Crippen molar-refractivity contribution in [3.05, 3.63) is 59.4 Å². The van der Waals surface area contributed by atoms with E-state index in [0.717, 1.165) is 18.5 Å². The van der Waals surface area contributed by atoms with Crippen LogP contribution in [0.4, 0.5) is 0 Å². The molecule has 0 N–H and O–H groups in total. The Balaban J connectivity index is 2.38. The molecule has 2 aromatic rings. The molecule has 0 radical (unpaired) electrons. The van der Waals surface area contributed by atoms with E-state index in [1.165, 1.54) is 12.7 Å². The Hall–Kier alpha value is -2.03. The van der Waals surface area contributed by atoms with Gasteiger partial charge in [0, 0.05) is 18.2 Å². The van der Waals surface area contributed by atoms with E-state index in [1.807, 2.05) is 30.3 Å². The fraction of sp³-hybridized carbons (Fsp3) is 0.353. The van der Waals surface area contributed by atoms with Gasteiger partial charge in [0.05, 0.1) is 7.11 Å². The lowest BCUT2D eigenvalue weighted by atomic mass is 10.1. The lowest BCUT2D eigenvalue weighted by Crippen LogP contribution is -2.16. The standard InChI is InChI=1S/C17H21NO2/c1-4-13(2)18-15(10-11-16(18)17(19)20-3)12-14-8-6-5-7-9-14/h5-11,13H,4,12H2,1-3H3/t13-/m1/s1. The average molecular weight is 271 g/mol. The summed E-state index contributed by atoms with van der Waals surface area (Å²) in [5.41, 5.74) is 3.02. The predicted molar refractivity (Wildman–Crippen MR) is 80.0 cm³/mol. The van der Waals surface area contributed by atoms with E-state index < -0.39 is 0 Å². The average Bonchev–Trinajstić information content (AvgIpc) is 2.90. The second-order valence-corrected chi connectivity index (χ2v) is 4.99. The van der Waals surface area contributed by atoms with Gasteiger partial charge in [-0.25, -0.2) is 4.79 Å². The maximum atomic E-state index is 11.9. The van der Waals surface area contributed by atoms with Gasteiger partial charge in [-0.1, -0.05) is 37.3 Å². The summed E-state index contributed by atoms with van der Waals surface area (Å²) in [5.74, 6) is -0.274. The number of benzene rings is 1. The number of esters is 1. The highest BCUT2D eigenvalue weighted by atomic mass is 16.5. The van der Waals surface area contributed by atoms with Crippen LogP contribution in [0.5, 0.6) is 0 Å². The summed E-state index contributed by atoms with van der Waals surface area (Å²) in [6, 6.07) is 14.4. The number of hydrogen-bond acceptors (Lipinski definition) is 2. The predicted octanol–water partition coefficient (Wildman–Crippen LogP) is 3.84. The van der Waals surface area contributed by atoms with E-state index in [-0.39, 0.29) is 12.0 Å². The summed E-state index contributed by atoms with van der Waals surface area (Å²) in [7, 11) is 1.42. The number of carbonyl (C=O) groups excluding carboxylic acids is 1. The highest BCUT2D eigenvalue weighted by Gasteiger charge is 2.18. The van der Waals surface area contributed by atoms with E-state index in [1.54, 1.807) is 0 Å². The topological polar surface area (TPSA) is 31.2 Å². The Labute approximate surface area is 120 Å². The summed E-state index contributed by atoms with van der Waals surface area (Å²) >= 11 is 0. The Morgan fingerprint density at radius 3 is 2.50 bits per heavy atom. The first kappa shape index (κ1) is 14.4. The highest BCUT2D eigenvalue weighted by molar-refractivity contribution is 5.88. The van der Waals surface area contributed by atoms with E-state index in [9.17, 15) is 4.79 Å². The number of carbonyl (C=O) groups is 1. The van der Waals surface area contributed by atoms with Gasteiger partial charge in [0.1, 0.15) is 5.69 Å². The molecule has 1 atom stereocenters. The molecule has 0 fully saturated rings. The number of ether oxygens (including phenoxy) is 1. The summed E-state index contributed by atoms with van der Waals surface area (Å²) in [4.78, 5) is 11.9. The summed E-state index contributed by atoms with van der Waals surface area (Å²) in [6.07, 6.45) is 1.79. The van der Waals surface area contributed by atoms with Crippen molar-refractivity contribution < 1.29 is 9.53 Å². The van der Waals surface area contributed by atoms with Crippen LogP contribution in [-0.4, -0.2) is 17.6 Å². The lowest BCUT2D eigenvalue weighted by Gasteiger charge is -2.18. The normalized spacial score (nSPS) is 12.2. The van der Waals surface area contributed by atoms with Gasteiger partial charge < -0.3 is 9.30 Å². The smallest absolute Gasteiger partial charge is 0.354 e. The molecule has 0 unspecified atom stereocenters. The molecule has 2 rings (SSSR count). The third-order valence-electron chi connectivity index (χ3n) is 3.66. The zero-order valence-corrected chi connectivity index (χ0v) is 12.3. The zero-order chi connectivity index (χ0) is 14.5. The minimum absolute atomic E-state index is 0.274. The largest absolute Gasteiger partial charge is 0.464 e. The Bertz CT molecular complexity index is 572. The van der Waals surface area contributed by atoms with Crippen LogP contribution in [0.15, 0.2) is 42.5 Å². The molecule has 0 saturated heterocycles. The molecule has 0 saturated carbocycles. The van der Waals surface area contributed by atoms with Gasteiger partial charge in [0.25, 0.3) is 0 Å². The van der Waals surface area contributed by atoms with Crippen molar-refractivity contribution in [2.75, 3.05) is 7.11 Å². The zero-order valence-electron chi connectivity index (χ0n) is 12.3. The maximum absolute atomic E-state index is 11.9. The minimum atomic E-state index is -0.274. The van der Waals surface area contributed by atoms with Crippen molar-refractivity contribution in [3.63, 3.8) is 0 Å². The maximum Gasteiger partial charge on any atom is 0.354 e. The van der Waals surface area contributed by atoms with Crippen LogP contribution in [0.1, 0.15) is 48.1 Å². The van der Waals surface area contributed by atoms with E-state index >= 15 is 0 Å². The number of methoxy groups -OCH3 is 1. The van der Waals surface area contributed by atoms with Crippen molar-refractivity contribution in [1.82, 2.24) is 4.57 Å². The molecule has 0 spiro atoms. The first-order valence-electron chi connectivity index (χ1n) is 6.99. The quantitative estimate of drug-likeness (QED) is 0.774. The summed E-state index contributed by atoms with van der Waals surface area (Å²) in [5, 5.41) is 0. The van der Waals surface area contributed by atoms with Crippen LogP contribution >= 0.6 is 0 Å². The van der Waals surface area contributed by atoms with Gasteiger partial charge in [-0.15, -0.1) is 0 Å². The summed E-state index contributed by atoms with van der Waals surface area (Å²) in [6.45, 7) is 4.25. The highest BCUT2D eigenvalue weighted by Crippen LogP contribution is 2.22. The van der Waals surface area contributed by atoms with E-state index in [2.05, 4.69) is 30.5 Å². The molecule has 0 amide bonds. The molecular formula is C17H21NO2. The second-order valence-electron chi connectivity index (χ2n) is 4.99. The molecule has 1 aromatic heterocycles. The van der Waals surface area contributed by atoms with Crippen LogP contribution in [0.25, 0.3) is 0 Å². The Morgan fingerprint density at radius 1 is 1.20 bits per heavy atom. The van der Waals surface area contributed by atoms with Gasteiger partial charge in [-0.05, 0) is 31.0 Å². The Morgan fingerprint density at radius 2 is 1.90 bits per heavy atom. The van der Waals surface area contributed by atoms with Gasteiger partial charge in [0.2, 0.25) is 0 Å². The fourth-order valence-corrected chi connectivity index (χ4v) is 2.41. The molecule has 1 heterocycles. The fourth-order valence-electron chi connectivity index (χ4n) is 2.41. The van der Waals surface area contributed by atoms with Gasteiger partial charge in [0.15, 0.2) is 0 Å². The number of nitrogens with zero attached hydrogens (tertiary/aromatic N) is 1. The molecule has 3 nitrogen and oxygen atoms in total. The van der Waals surface area contributed by atoms with Crippen LogP contribution < -0.4 is 0 Å². The first-order valence-corrected chi connectivity index (χ1v) is 6.99. The van der Waals surface area contributed by atoms with Gasteiger partial charge >= 0.3 is 5.97 Å². The minimum Gasteiger partial charge on any atom is -0.464 e. The number of hydrogen-bond donors (Lipinski definition) is 0. The molecule has 0 bridgehead atoms. The van der Waals surface area contributed by atoms with Crippen molar-refractivity contribution >= 4 is 5.97 Å². The summed E-state index contributed by atoms with van der Waals surface area (Å²) < 4.78 is 6.97. The van der Waals surface area contributed by atoms with Crippen molar-refractivity contribution in [2.45, 2.75) is 32.7 Å². The Kier molecular flexibility index (Phi) is 4.61. The number of aromatic nitrogens is 1. The molecule has 3 heteroatoms. The molecular weight excluding hydrogens is 250 g/mol. The van der Waals surface area contributed by atoms with Crippen LogP contribution in [-0.2, 0) is 11.2 Å². The molecule has 1 aromatic carbocycles. The monoisotopic (exact) mass is 271 g/mol. The van der Waals surface area contributed by atoms with Gasteiger partial charge in [-0.2, -0.15) is 0 Å². The van der Waals surface area contributed by atoms with Crippen molar-refractivity contribution in [3.8, 4) is 0 Å². The third-order valence-corrected chi connectivity index (χ3v) is 3.66. The van der Waals surface area contributed by atoms with Crippen LogP contribution in [0, 0.1) is 0 Å². The third kappa shape index (κ3) is 2.93. The van der Waals surface area contributed by atoms with E-state index in [0.29, 0.717) is 5.69 Å². The molecule has 20 heavy (non-hydrogen) atoms. The van der Waals surface area contributed by atoms with Crippen molar-refractivity contribution in [1.29, 1.82) is 0 Å².